The van der Waals surface area contributed by atoms with Crippen molar-refractivity contribution < 1.29 is 13.9 Å². The van der Waals surface area contributed by atoms with Crippen LogP contribution in [0.15, 0.2) is 66.9 Å². The second kappa shape index (κ2) is 9.33. The SMILES string of the molecule is COCCN(Cc1cccn1Cc1ccc(C)cc1)C(=O)c1ccccc1F. The fourth-order valence-corrected chi connectivity index (χ4v) is 3.09. The number of carbonyl (C=O) groups excluding carboxylic acids is 1. The Bertz CT molecular complexity index is 918. The molecule has 3 aromatic rings. The highest BCUT2D eigenvalue weighted by Gasteiger charge is 2.20. The van der Waals surface area contributed by atoms with Gasteiger partial charge < -0.3 is 14.2 Å². The molecule has 0 aliphatic rings. The zero-order valence-electron chi connectivity index (χ0n) is 16.3. The third-order valence-electron chi connectivity index (χ3n) is 4.71. The van der Waals surface area contributed by atoms with E-state index in [1.807, 2.05) is 18.3 Å². The molecule has 1 aromatic heterocycles. The summed E-state index contributed by atoms with van der Waals surface area (Å²) >= 11 is 0. The van der Waals surface area contributed by atoms with Crippen LogP contribution in [0.2, 0.25) is 0 Å². The minimum absolute atomic E-state index is 0.0789. The van der Waals surface area contributed by atoms with Gasteiger partial charge in [0, 0.05) is 32.1 Å². The molecule has 146 valence electrons. The highest BCUT2D eigenvalue weighted by Crippen LogP contribution is 2.15. The van der Waals surface area contributed by atoms with Gasteiger partial charge in [-0.25, -0.2) is 4.39 Å². The molecule has 0 aliphatic carbocycles. The van der Waals surface area contributed by atoms with Crippen molar-refractivity contribution in [1.82, 2.24) is 9.47 Å². The number of halogens is 1. The van der Waals surface area contributed by atoms with Gasteiger partial charge in [-0.1, -0.05) is 42.0 Å². The largest absolute Gasteiger partial charge is 0.383 e. The van der Waals surface area contributed by atoms with E-state index >= 15 is 0 Å². The maximum Gasteiger partial charge on any atom is 0.257 e. The monoisotopic (exact) mass is 380 g/mol. The molecule has 0 saturated heterocycles. The van der Waals surface area contributed by atoms with Gasteiger partial charge in [-0.05, 0) is 36.8 Å². The lowest BCUT2D eigenvalue weighted by molar-refractivity contribution is 0.0671. The Hall–Kier alpha value is -2.92. The number of ether oxygens (including phenoxy) is 1. The van der Waals surface area contributed by atoms with Crippen molar-refractivity contribution in [3.63, 3.8) is 0 Å². The standard InChI is InChI=1S/C23H25FN2O2/c1-18-9-11-19(12-10-18)16-25-13-5-6-20(25)17-26(14-15-28-2)23(27)21-7-3-4-8-22(21)24/h3-13H,14-17H2,1-2H3. The molecule has 0 aliphatic heterocycles. The van der Waals surface area contributed by atoms with E-state index in [9.17, 15) is 9.18 Å². The Kier molecular flexibility index (Phi) is 6.61. The van der Waals surface area contributed by atoms with Crippen LogP contribution in [0.3, 0.4) is 0 Å². The molecule has 28 heavy (non-hydrogen) atoms. The number of carbonyl (C=O) groups is 1. The van der Waals surface area contributed by atoms with Crippen molar-refractivity contribution in [3.05, 3.63) is 95.1 Å². The Morgan fingerprint density at radius 1 is 1.07 bits per heavy atom. The number of methoxy groups -OCH3 is 1. The van der Waals surface area contributed by atoms with E-state index < -0.39 is 5.82 Å². The first-order valence-corrected chi connectivity index (χ1v) is 9.31. The number of hydrogen-bond acceptors (Lipinski definition) is 2. The molecule has 0 fully saturated rings. The first-order valence-electron chi connectivity index (χ1n) is 9.31. The Morgan fingerprint density at radius 2 is 1.82 bits per heavy atom. The summed E-state index contributed by atoms with van der Waals surface area (Å²) in [6, 6.07) is 18.4. The van der Waals surface area contributed by atoms with Crippen molar-refractivity contribution in [2.75, 3.05) is 20.3 Å². The number of nitrogens with zero attached hydrogens (tertiary/aromatic N) is 2. The molecule has 0 radical (unpaired) electrons. The summed E-state index contributed by atoms with van der Waals surface area (Å²) in [6.45, 7) is 3.94. The molecule has 5 heteroatoms. The summed E-state index contributed by atoms with van der Waals surface area (Å²) in [4.78, 5) is 14.6. The highest BCUT2D eigenvalue weighted by atomic mass is 19.1. The molecule has 1 heterocycles. The molecule has 0 atom stereocenters. The van der Waals surface area contributed by atoms with Gasteiger partial charge in [0.1, 0.15) is 5.82 Å². The molecule has 0 unspecified atom stereocenters. The second-order valence-electron chi connectivity index (χ2n) is 6.81. The molecule has 3 rings (SSSR count). The van der Waals surface area contributed by atoms with Crippen LogP contribution in [-0.4, -0.2) is 35.6 Å². The van der Waals surface area contributed by atoms with E-state index in [1.165, 1.54) is 23.3 Å². The summed E-state index contributed by atoms with van der Waals surface area (Å²) < 4.78 is 21.4. The first-order chi connectivity index (χ1) is 13.6. The van der Waals surface area contributed by atoms with Crippen LogP contribution >= 0.6 is 0 Å². The number of benzene rings is 2. The summed E-state index contributed by atoms with van der Waals surface area (Å²) in [5.41, 5.74) is 3.47. The maximum absolute atomic E-state index is 14.1. The maximum atomic E-state index is 14.1. The van der Waals surface area contributed by atoms with Crippen LogP contribution in [0.5, 0.6) is 0 Å². The van der Waals surface area contributed by atoms with E-state index in [4.69, 9.17) is 4.74 Å². The van der Waals surface area contributed by atoms with Gasteiger partial charge in [0.05, 0.1) is 18.7 Å². The Labute approximate surface area is 165 Å². The summed E-state index contributed by atoms with van der Waals surface area (Å²) in [5.74, 6) is -0.844. The number of aromatic nitrogens is 1. The van der Waals surface area contributed by atoms with Crippen LogP contribution in [-0.2, 0) is 17.8 Å². The zero-order chi connectivity index (χ0) is 19.9. The third-order valence-corrected chi connectivity index (χ3v) is 4.71. The van der Waals surface area contributed by atoms with Gasteiger partial charge in [0.2, 0.25) is 0 Å². The summed E-state index contributed by atoms with van der Waals surface area (Å²) in [7, 11) is 1.59. The summed E-state index contributed by atoms with van der Waals surface area (Å²) in [6.07, 6.45) is 2.00. The lowest BCUT2D eigenvalue weighted by atomic mass is 10.1. The molecule has 0 spiro atoms. The van der Waals surface area contributed by atoms with Crippen LogP contribution in [0.25, 0.3) is 0 Å². The van der Waals surface area contributed by atoms with Gasteiger partial charge in [-0.2, -0.15) is 0 Å². The van der Waals surface area contributed by atoms with E-state index in [0.717, 1.165) is 5.69 Å². The normalized spacial score (nSPS) is 10.8. The minimum atomic E-state index is -0.509. The van der Waals surface area contributed by atoms with Crippen molar-refractivity contribution in [1.29, 1.82) is 0 Å². The van der Waals surface area contributed by atoms with Gasteiger partial charge in [-0.3, -0.25) is 4.79 Å². The first kappa shape index (κ1) is 19.8. The van der Waals surface area contributed by atoms with Crippen molar-refractivity contribution in [3.8, 4) is 0 Å². The average molecular weight is 380 g/mol. The fraction of sp³-hybridized carbons (Fsp3) is 0.261. The molecule has 0 bridgehead atoms. The van der Waals surface area contributed by atoms with Gasteiger partial charge >= 0.3 is 0 Å². The lowest BCUT2D eigenvalue weighted by Gasteiger charge is -2.24. The number of rotatable bonds is 8. The molecule has 0 N–H and O–H groups in total. The Balaban J connectivity index is 1.80. The van der Waals surface area contributed by atoms with E-state index in [1.54, 1.807) is 24.1 Å². The Morgan fingerprint density at radius 3 is 2.54 bits per heavy atom. The van der Waals surface area contributed by atoms with Crippen LogP contribution in [0.1, 0.15) is 27.2 Å². The second-order valence-corrected chi connectivity index (χ2v) is 6.81. The van der Waals surface area contributed by atoms with Crippen LogP contribution < -0.4 is 0 Å². The molecule has 1 amide bonds. The van der Waals surface area contributed by atoms with Gasteiger partial charge in [-0.15, -0.1) is 0 Å². The predicted molar refractivity (Wildman–Crippen MR) is 108 cm³/mol. The molecule has 0 saturated carbocycles. The lowest BCUT2D eigenvalue weighted by Crippen LogP contribution is -2.34. The van der Waals surface area contributed by atoms with Gasteiger partial charge in [0.25, 0.3) is 5.91 Å². The molecule has 2 aromatic carbocycles. The number of aryl methyl sites for hydroxylation is 1. The van der Waals surface area contributed by atoms with E-state index in [0.29, 0.717) is 26.2 Å². The number of hydrogen-bond donors (Lipinski definition) is 0. The fourth-order valence-electron chi connectivity index (χ4n) is 3.09. The van der Waals surface area contributed by atoms with Crippen molar-refractivity contribution in [2.24, 2.45) is 0 Å². The molecule has 4 nitrogen and oxygen atoms in total. The quantitative estimate of drug-likeness (QED) is 0.585. The smallest absolute Gasteiger partial charge is 0.257 e. The summed E-state index contributed by atoms with van der Waals surface area (Å²) in [5, 5.41) is 0. The predicted octanol–water partition coefficient (Wildman–Crippen LogP) is 4.27. The van der Waals surface area contributed by atoms with Gasteiger partial charge in [0.15, 0.2) is 0 Å². The topological polar surface area (TPSA) is 34.5 Å². The van der Waals surface area contributed by atoms with Crippen LogP contribution in [0.4, 0.5) is 4.39 Å². The molecular weight excluding hydrogens is 355 g/mol. The van der Waals surface area contributed by atoms with Crippen LogP contribution in [0, 0.1) is 12.7 Å². The van der Waals surface area contributed by atoms with E-state index in [-0.39, 0.29) is 11.5 Å². The van der Waals surface area contributed by atoms with Crippen molar-refractivity contribution >= 4 is 5.91 Å². The van der Waals surface area contributed by atoms with E-state index in [2.05, 4.69) is 35.8 Å². The average Bonchev–Trinajstić information content (AvgIpc) is 3.13. The third kappa shape index (κ3) is 4.87. The van der Waals surface area contributed by atoms with Crippen molar-refractivity contribution in [2.45, 2.75) is 20.0 Å². The minimum Gasteiger partial charge on any atom is -0.383 e. The molecular formula is C23H25FN2O2. The zero-order valence-corrected chi connectivity index (χ0v) is 16.3. The highest BCUT2D eigenvalue weighted by molar-refractivity contribution is 5.94. The number of amides is 1.